The topological polar surface area (TPSA) is 52.0 Å². The fourth-order valence-corrected chi connectivity index (χ4v) is 1.09. The van der Waals surface area contributed by atoms with E-state index in [1.807, 2.05) is 13.8 Å². The molecule has 0 aliphatic rings. The fraction of sp³-hybridized carbons (Fsp3) is 0.500. The summed E-state index contributed by atoms with van der Waals surface area (Å²) in [5, 5.41) is 4.03. The third-order valence-corrected chi connectivity index (χ3v) is 1.86. The molecule has 4 heteroatoms. The molecule has 0 saturated carbocycles. The molecule has 0 atom stereocenters. The second-order valence-electron chi connectivity index (χ2n) is 3.60. The molecule has 1 rings (SSSR count). The van der Waals surface area contributed by atoms with E-state index < -0.39 is 0 Å². The van der Waals surface area contributed by atoms with E-state index in [9.17, 15) is 9.59 Å². The molecule has 0 aliphatic heterocycles. The maximum absolute atomic E-state index is 11.4. The van der Waals surface area contributed by atoms with Crippen LogP contribution in [0.15, 0.2) is 12.4 Å². The SMILES string of the molecule is CC(=O)CC(=O)c1cnn(C(C)C)c1. The molecular weight excluding hydrogens is 180 g/mol. The number of carbonyl (C=O) groups excluding carboxylic acids is 2. The number of carbonyl (C=O) groups is 2. The first-order chi connectivity index (χ1) is 6.50. The molecule has 0 saturated heterocycles. The number of Topliss-reactive ketones (excluding diaryl/α,β-unsaturated/α-hetero) is 2. The quantitative estimate of drug-likeness (QED) is 0.540. The average Bonchev–Trinajstić information content (AvgIpc) is 2.50. The van der Waals surface area contributed by atoms with Gasteiger partial charge in [0.05, 0.1) is 18.2 Å². The van der Waals surface area contributed by atoms with Gasteiger partial charge in [0.15, 0.2) is 5.78 Å². The molecule has 0 bridgehead atoms. The first-order valence-electron chi connectivity index (χ1n) is 4.57. The lowest BCUT2D eigenvalue weighted by atomic mass is 10.1. The minimum Gasteiger partial charge on any atom is -0.300 e. The van der Waals surface area contributed by atoms with Crippen molar-refractivity contribution in [2.75, 3.05) is 0 Å². The summed E-state index contributed by atoms with van der Waals surface area (Å²) in [4.78, 5) is 22.1. The molecule has 1 aromatic rings. The summed E-state index contributed by atoms with van der Waals surface area (Å²) in [6.07, 6.45) is 3.14. The Balaban J connectivity index is 2.76. The van der Waals surface area contributed by atoms with Gasteiger partial charge in [-0.15, -0.1) is 0 Å². The Morgan fingerprint density at radius 3 is 2.57 bits per heavy atom. The van der Waals surface area contributed by atoms with Gasteiger partial charge in [-0.25, -0.2) is 0 Å². The Kier molecular flexibility index (Phi) is 3.17. The molecule has 14 heavy (non-hydrogen) atoms. The van der Waals surface area contributed by atoms with Crippen molar-refractivity contribution < 1.29 is 9.59 Å². The molecule has 0 radical (unpaired) electrons. The second kappa shape index (κ2) is 4.17. The molecule has 76 valence electrons. The van der Waals surface area contributed by atoms with Gasteiger partial charge >= 0.3 is 0 Å². The summed E-state index contributed by atoms with van der Waals surface area (Å²) in [7, 11) is 0. The third kappa shape index (κ3) is 2.52. The number of hydrogen-bond donors (Lipinski definition) is 0. The lowest BCUT2D eigenvalue weighted by molar-refractivity contribution is -0.116. The van der Waals surface area contributed by atoms with Crippen molar-refractivity contribution >= 4 is 11.6 Å². The fourth-order valence-electron chi connectivity index (χ4n) is 1.09. The first kappa shape index (κ1) is 10.6. The van der Waals surface area contributed by atoms with Crippen molar-refractivity contribution in [3.63, 3.8) is 0 Å². The highest BCUT2D eigenvalue weighted by atomic mass is 16.1. The highest BCUT2D eigenvalue weighted by molar-refractivity contribution is 6.07. The molecule has 4 nitrogen and oxygen atoms in total. The van der Waals surface area contributed by atoms with Crippen LogP contribution in [0, 0.1) is 0 Å². The second-order valence-corrected chi connectivity index (χ2v) is 3.60. The molecule has 0 fully saturated rings. The summed E-state index contributed by atoms with van der Waals surface area (Å²) in [5.41, 5.74) is 0.508. The predicted molar refractivity (Wildman–Crippen MR) is 52.2 cm³/mol. The zero-order valence-corrected chi connectivity index (χ0v) is 8.65. The van der Waals surface area contributed by atoms with Crippen LogP contribution in [0.25, 0.3) is 0 Å². The zero-order valence-electron chi connectivity index (χ0n) is 8.65. The van der Waals surface area contributed by atoms with E-state index in [1.54, 1.807) is 10.9 Å². The van der Waals surface area contributed by atoms with Crippen LogP contribution >= 0.6 is 0 Å². The van der Waals surface area contributed by atoms with Gasteiger partial charge in [-0.05, 0) is 20.8 Å². The summed E-state index contributed by atoms with van der Waals surface area (Å²) in [6.45, 7) is 5.36. The number of hydrogen-bond acceptors (Lipinski definition) is 3. The Bertz CT molecular complexity index is 353. The lowest BCUT2D eigenvalue weighted by Crippen LogP contribution is -2.04. The highest BCUT2D eigenvalue weighted by Gasteiger charge is 2.11. The molecule has 0 spiro atoms. The predicted octanol–water partition coefficient (Wildman–Crippen LogP) is 1.63. The summed E-state index contributed by atoms with van der Waals surface area (Å²) < 4.78 is 1.70. The van der Waals surface area contributed by atoms with E-state index in [4.69, 9.17) is 0 Å². The van der Waals surface area contributed by atoms with Crippen molar-refractivity contribution in [2.24, 2.45) is 0 Å². The van der Waals surface area contributed by atoms with Gasteiger partial charge in [-0.3, -0.25) is 14.3 Å². The van der Waals surface area contributed by atoms with Crippen LogP contribution in [0.1, 0.15) is 43.6 Å². The van der Waals surface area contributed by atoms with Crippen molar-refractivity contribution in [3.8, 4) is 0 Å². The minimum atomic E-state index is -0.163. The smallest absolute Gasteiger partial charge is 0.173 e. The van der Waals surface area contributed by atoms with E-state index in [0.717, 1.165) is 0 Å². The number of rotatable bonds is 4. The molecule has 0 unspecified atom stereocenters. The molecule has 0 aromatic carbocycles. The molecule has 0 N–H and O–H groups in total. The van der Waals surface area contributed by atoms with Crippen molar-refractivity contribution in [3.05, 3.63) is 18.0 Å². The van der Waals surface area contributed by atoms with Gasteiger partial charge in [0.25, 0.3) is 0 Å². The molecule has 0 aliphatic carbocycles. The summed E-state index contributed by atoms with van der Waals surface area (Å²) in [5.74, 6) is -0.281. The van der Waals surface area contributed by atoms with Crippen molar-refractivity contribution in [1.82, 2.24) is 9.78 Å². The van der Waals surface area contributed by atoms with Gasteiger partial charge in [0, 0.05) is 12.2 Å². The highest BCUT2D eigenvalue weighted by Crippen LogP contribution is 2.07. The van der Waals surface area contributed by atoms with Gasteiger partial charge in [-0.2, -0.15) is 5.10 Å². The third-order valence-electron chi connectivity index (χ3n) is 1.86. The summed E-state index contributed by atoms with van der Waals surface area (Å²) >= 11 is 0. The normalized spacial score (nSPS) is 10.6. The molecular formula is C10H14N2O2. The minimum absolute atomic E-state index is 0.0379. The zero-order chi connectivity index (χ0) is 10.7. The maximum Gasteiger partial charge on any atom is 0.173 e. The Morgan fingerprint density at radius 1 is 1.50 bits per heavy atom. The monoisotopic (exact) mass is 194 g/mol. The van der Waals surface area contributed by atoms with E-state index in [0.29, 0.717) is 5.56 Å². The first-order valence-corrected chi connectivity index (χ1v) is 4.57. The maximum atomic E-state index is 11.4. The number of nitrogens with zero attached hydrogens (tertiary/aromatic N) is 2. The van der Waals surface area contributed by atoms with Gasteiger partial charge < -0.3 is 0 Å². The Labute approximate surface area is 82.9 Å². The van der Waals surface area contributed by atoms with Crippen LogP contribution in [0.3, 0.4) is 0 Å². The van der Waals surface area contributed by atoms with Crippen molar-refractivity contribution in [2.45, 2.75) is 33.2 Å². The number of ketones is 2. The van der Waals surface area contributed by atoms with Crippen molar-refractivity contribution in [1.29, 1.82) is 0 Å². The van der Waals surface area contributed by atoms with Crippen LogP contribution in [-0.2, 0) is 4.79 Å². The lowest BCUT2D eigenvalue weighted by Gasteiger charge is -2.02. The van der Waals surface area contributed by atoms with E-state index in [-0.39, 0.29) is 24.0 Å². The largest absolute Gasteiger partial charge is 0.300 e. The molecule has 1 heterocycles. The van der Waals surface area contributed by atoms with Crippen LogP contribution in [0.5, 0.6) is 0 Å². The van der Waals surface area contributed by atoms with Crippen LogP contribution < -0.4 is 0 Å². The van der Waals surface area contributed by atoms with E-state index >= 15 is 0 Å². The van der Waals surface area contributed by atoms with Crippen LogP contribution in [0.4, 0.5) is 0 Å². The van der Waals surface area contributed by atoms with Crippen LogP contribution in [-0.4, -0.2) is 21.3 Å². The number of aromatic nitrogens is 2. The van der Waals surface area contributed by atoms with Gasteiger partial charge in [0.1, 0.15) is 5.78 Å². The van der Waals surface area contributed by atoms with Crippen LogP contribution in [0.2, 0.25) is 0 Å². The van der Waals surface area contributed by atoms with Gasteiger partial charge in [0.2, 0.25) is 0 Å². The Hall–Kier alpha value is -1.45. The van der Waals surface area contributed by atoms with E-state index in [1.165, 1.54) is 13.1 Å². The Morgan fingerprint density at radius 2 is 2.14 bits per heavy atom. The molecule has 0 amide bonds. The standard InChI is InChI=1S/C10H14N2O2/c1-7(2)12-6-9(5-11-12)10(14)4-8(3)13/h5-7H,4H2,1-3H3. The average molecular weight is 194 g/mol. The summed E-state index contributed by atoms with van der Waals surface area (Å²) in [6, 6.07) is 0.230. The van der Waals surface area contributed by atoms with E-state index in [2.05, 4.69) is 5.10 Å². The molecule has 1 aromatic heterocycles. The van der Waals surface area contributed by atoms with Gasteiger partial charge in [-0.1, -0.05) is 0 Å².